The first-order valence-electron chi connectivity index (χ1n) is 3.97. The standard InChI is InChI=1S/C8H16FNO3/c1-10(2,3)6-8(13,5-9)4-7(11)12/h13H,4-6H2,1-3H3/t8-/m0/s1. The van der Waals surface area contributed by atoms with Gasteiger partial charge in [-0.15, -0.1) is 0 Å². The minimum absolute atomic E-state index is 0.0392. The Kier molecular flexibility index (Phi) is 3.81. The molecule has 1 N–H and O–H groups in total. The Bertz CT molecular complexity index is 190. The number of carbonyl (C=O) groups is 1. The van der Waals surface area contributed by atoms with Crippen molar-refractivity contribution in [2.75, 3.05) is 34.4 Å². The predicted octanol–water partition coefficient (Wildman–Crippen LogP) is -1.47. The summed E-state index contributed by atoms with van der Waals surface area (Å²) in [5, 5.41) is 19.7. The average molecular weight is 193 g/mol. The Morgan fingerprint density at radius 1 is 1.54 bits per heavy atom. The Balaban J connectivity index is 4.36. The number of rotatable bonds is 5. The van der Waals surface area contributed by atoms with Gasteiger partial charge in [-0.3, -0.25) is 0 Å². The van der Waals surface area contributed by atoms with Crippen LogP contribution in [0.25, 0.3) is 0 Å². The number of hydrogen-bond donors (Lipinski definition) is 1. The first kappa shape index (κ1) is 12.3. The summed E-state index contributed by atoms with van der Waals surface area (Å²) < 4.78 is 12.7. The van der Waals surface area contributed by atoms with Crippen molar-refractivity contribution in [1.29, 1.82) is 0 Å². The SMILES string of the molecule is C[N+](C)(C)C[C@@](O)(CF)CC(=O)[O-]. The molecule has 0 amide bonds. The van der Waals surface area contributed by atoms with Gasteiger partial charge in [0.15, 0.2) is 0 Å². The highest BCUT2D eigenvalue weighted by molar-refractivity contribution is 5.65. The molecule has 0 aromatic rings. The number of carbonyl (C=O) groups excluding carboxylic acids is 1. The zero-order valence-electron chi connectivity index (χ0n) is 8.21. The second-order valence-electron chi connectivity index (χ2n) is 4.36. The number of halogens is 1. The first-order valence-corrected chi connectivity index (χ1v) is 3.97. The van der Waals surface area contributed by atoms with Gasteiger partial charge in [-0.1, -0.05) is 0 Å². The van der Waals surface area contributed by atoms with Crippen LogP contribution in [0.1, 0.15) is 6.42 Å². The number of aliphatic hydroxyl groups is 1. The molecule has 78 valence electrons. The maximum Gasteiger partial charge on any atom is 0.147 e. The molecule has 0 spiro atoms. The van der Waals surface area contributed by atoms with Gasteiger partial charge in [-0.2, -0.15) is 0 Å². The van der Waals surface area contributed by atoms with E-state index in [2.05, 4.69) is 0 Å². The van der Waals surface area contributed by atoms with Crippen molar-refractivity contribution in [3.8, 4) is 0 Å². The van der Waals surface area contributed by atoms with Crippen molar-refractivity contribution in [2.45, 2.75) is 12.0 Å². The number of carboxylic acids is 1. The van der Waals surface area contributed by atoms with Crippen LogP contribution in [0, 0.1) is 0 Å². The molecule has 0 saturated heterocycles. The van der Waals surface area contributed by atoms with Gasteiger partial charge in [0.05, 0.1) is 21.1 Å². The molecule has 5 heteroatoms. The first-order chi connectivity index (χ1) is 5.68. The van der Waals surface area contributed by atoms with Gasteiger partial charge in [0, 0.05) is 12.4 Å². The summed E-state index contributed by atoms with van der Waals surface area (Å²) in [6.07, 6.45) is -0.668. The molecule has 13 heavy (non-hydrogen) atoms. The molecule has 0 heterocycles. The van der Waals surface area contributed by atoms with Crippen LogP contribution in [0.15, 0.2) is 0 Å². The van der Waals surface area contributed by atoms with E-state index in [0.29, 0.717) is 4.48 Å². The second kappa shape index (κ2) is 4.02. The van der Waals surface area contributed by atoms with E-state index in [-0.39, 0.29) is 6.54 Å². The third-order valence-corrected chi connectivity index (χ3v) is 1.49. The topological polar surface area (TPSA) is 60.4 Å². The molecule has 1 atom stereocenters. The molecular formula is C8H16FNO3. The highest BCUT2D eigenvalue weighted by Gasteiger charge is 2.33. The highest BCUT2D eigenvalue weighted by atomic mass is 19.1. The Labute approximate surface area is 77.2 Å². The molecule has 0 aliphatic heterocycles. The van der Waals surface area contributed by atoms with E-state index in [1.807, 2.05) is 0 Å². The van der Waals surface area contributed by atoms with Crippen molar-refractivity contribution in [3.05, 3.63) is 0 Å². The lowest BCUT2D eigenvalue weighted by Crippen LogP contribution is -2.53. The van der Waals surface area contributed by atoms with Crippen molar-refractivity contribution in [3.63, 3.8) is 0 Å². The lowest BCUT2D eigenvalue weighted by molar-refractivity contribution is -0.877. The average Bonchev–Trinajstić information content (AvgIpc) is 1.81. The van der Waals surface area contributed by atoms with E-state index >= 15 is 0 Å². The molecule has 0 saturated carbocycles. The van der Waals surface area contributed by atoms with Crippen molar-refractivity contribution in [2.24, 2.45) is 0 Å². The summed E-state index contributed by atoms with van der Waals surface area (Å²) in [5.41, 5.74) is -1.81. The van der Waals surface area contributed by atoms with Gasteiger partial charge in [0.2, 0.25) is 0 Å². The van der Waals surface area contributed by atoms with Gasteiger partial charge in [-0.05, 0) is 0 Å². The number of nitrogens with zero attached hydrogens (tertiary/aromatic N) is 1. The molecule has 4 nitrogen and oxygen atoms in total. The van der Waals surface area contributed by atoms with E-state index in [1.54, 1.807) is 21.1 Å². The fourth-order valence-corrected chi connectivity index (χ4v) is 1.30. The van der Waals surface area contributed by atoms with Crippen LogP contribution in [0.3, 0.4) is 0 Å². The number of likely N-dealkylation sites (N-methyl/N-ethyl adjacent to an activating group) is 1. The van der Waals surface area contributed by atoms with Gasteiger partial charge in [-0.25, -0.2) is 4.39 Å². The molecule has 0 bridgehead atoms. The zero-order valence-corrected chi connectivity index (χ0v) is 8.21. The minimum atomic E-state index is -1.81. The van der Waals surface area contributed by atoms with E-state index in [1.165, 1.54) is 0 Å². The van der Waals surface area contributed by atoms with Crippen molar-refractivity contribution < 1.29 is 23.9 Å². The Hall–Kier alpha value is -0.680. The molecule has 0 aliphatic rings. The maximum atomic E-state index is 12.4. The van der Waals surface area contributed by atoms with Crippen LogP contribution >= 0.6 is 0 Å². The quantitative estimate of drug-likeness (QED) is 0.542. The Morgan fingerprint density at radius 2 is 2.00 bits per heavy atom. The monoisotopic (exact) mass is 193 g/mol. The number of quaternary nitrogens is 1. The fourth-order valence-electron chi connectivity index (χ4n) is 1.30. The summed E-state index contributed by atoms with van der Waals surface area (Å²) in [6, 6.07) is 0. The minimum Gasteiger partial charge on any atom is -0.550 e. The van der Waals surface area contributed by atoms with Crippen LogP contribution in [0.4, 0.5) is 4.39 Å². The molecule has 0 rings (SSSR count). The number of aliphatic carboxylic acids is 1. The van der Waals surface area contributed by atoms with E-state index < -0.39 is 24.7 Å². The number of carboxylic acid groups (broad SMARTS) is 1. The lowest BCUT2D eigenvalue weighted by atomic mass is 10.0. The summed E-state index contributed by atoms with van der Waals surface area (Å²) >= 11 is 0. The van der Waals surface area contributed by atoms with Crippen LogP contribution < -0.4 is 5.11 Å². The van der Waals surface area contributed by atoms with Gasteiger partial charge in [0.1, 0.15) is 18.8 Å². The summed E-state index contributed by atoms with van der Waals surface area (Å²) in [7, 11) is 5.24. The maximum absolute atomic E-state index is 12.4. The molecule has 0 radical (unpaired) electrons. The van der Waals surface area contributed by atoms with Crippen molar-refractivity contribution >= 4 is 5.97 Å². The molecule has 0 aromatic carbocycles. The third-order valence-electron chi connectivity index (χ3n) is 1.49. The highest BCUT2D eigenvalue weighted by Crippen LogP contribution is 2.14. The molecular weight excluding hydrogens is 177 g/mol. The molecule has 0 aliphatic carbocycles. The van der Waals surface area contributed by atoms with Crippen LogP contribution in [-0.4, -0.2) is 55.5 Å². The van der Waals surface area contributed by atoms with Crippen LogP contribution in [0.5, 0.6) is 0 Å². The van der Waals surface area contributed by atoms with Crippen LogP contribution in [-0.2, 0) is 4.79 Å². The smallest absolute Gasteiger partial charge is 0.147 e. The van der Waals surface area contributed by atoms with E-state index in [4.69, 9.17) is 0 Å². The van der Waals surface area contributed by atoms with Crippen molar-refractivity contribution in [1.82, 2.24) is 0 Å². The largest absolute Gasteiger partial charge is 0.550 e. The number of alkyl halides is 1. The summed E-state index contributed by atoms with van der Waals surface area (Å²) in [6.45, 7) is -1.03. The zero-order chi connectivity index (χ0) is 10.7. The Morgan fingerprint density at radius 3 is 2.23 bits per heavy atom. The third kappa shape index (κ3) is 5.54. The molecule has 0 aromatic heterocycles. The normalized spacial score (nSPS) is 16.7. The summed E-state index contributed by atoms with van der Waals surface area (Å²) in [4.78, 5) is 10.2. The fraction of sp³-hybridized carbons (Fsp3) is 0.875. The van der Waals surface area contributed by atoms with Gasteiger partial charge in [0.25, 0.3) is 0 Å². The van der Waals surface area contributed by atoms with E-state index in [0.717, 1.165) is 0 Å². The molecule has 0 unspecified atom stereocenters. The number of hydrogen-bond acceptors (Lipinski definition) is 3. The lowest BCUT2D eigenvalue weighted by Gasteiger charge is -2.33. The summed E-state index contributed by atoms with van der Waals surface area (Å²) in [5.74, 6) is -1.44. The second-order valence-corrected chi connectivity index (χ2v) is 4.36. The predicted molar refractivity (Wildman–Crippen MR) is 43.4 cm³/mol. The molecule has 0 fully saturated rings. The van der Waals surface area contributed by atoms with E-state index in [9.17, 15) is 19.4 Å². The van der Waals surface area contributed by atoms with Gasteiger partial charge < -0.3 is 19.5 Å². The van der Waals surface area contributed by atoms with Crippen LogP contribution in [0.2, 0.25) is 0 Å². The van der Waals surface area contributed by atoms with Gasteiger partial charge >= 0.3 is 0 Å².